The van der Waals surface area contributed by atoms with Crippen LogP contribution in [0.15, 0.2) is 18.2 Å². The molecule has 106 valence electrons. The molecule has 1 rings (SSSR count). The lowest BCUT2D eigenvalue weighted by atomic mass is 10.2. The van der Waals surface area contributed by atoms with Gasteiger partial charge in [0, 0.05) is 6.54 Å². The predicted octanol–water partition coefficient (Wildman–Crippen LogP) is 2.07. The molecule has 1 aromatic rings. The molecule has 0 aliphatic carbocycles. The van der Waals surface area contributed by atoms with E-state index in [0.29, 0.717) is 6.54 Å². The second-order valence-electron chi connectivity index (χ2n) is 3.86. The van der Waals surface area contributed by atoms with Gasteiger partial charge in [-0.2, -0.15) is 0 Å². The quantitative estimate of drug-likeness (QED) is 0.523. The lowest BCUT2D eigenvalue weighted by Gasteiger charge is -2.16. The van der Waals surface area contributed by atoms with Gasteiger partial charge >= 0.3 is 5.69 Å². The Hall–Kier alpha value is -1.96. The average Bonchev–Trinajstić information content (AvgIpc) is 2.36. The van der Waals surface area contributed by atoms with E-state index in [-0.39, 0.29) is 17.1 Å². The van der Waals surface area contributed by atoms with Crippen molar-refractivity contribution in [1.82, 2.24) is 0 Å². The number of nitro groups is 1. The van der Waals surface area contributed by atoms with Gasteiger partial charge in [-0.1, -0.05) is 6.07 Å². The third-order valence-electron chi connectivity index (χ3n) is 2.35. The van der Waals surface area contributed by atoms with E-state index >= 15 is 0 Å². The number of alkyl halides is 2. The molecule has 0 saturated carbocycles. The Kier molecular flexibility index (Phi) is 4.99. The molecule has 8 heteroatoms. The normalized spacial score (nSPS) is 11.2. The van der Waals surface area contributed by atoms with Gasteiger partial charge in [-0.15, -0.1) is 0 Å². The molecule has 19 heavy (non-hydrogen) atoms. The molecule has 3 N–H and O–H groups in total. The van der Waals surface area contributed by atoms with Crippen molar-refractivity contribution in [2.75, 3.05) is 30.3 Å². The molecule has 0 heterocycles. The summed E-state index contributed by atoms with van der Waals surface area (Å²) in [6, 6.07) is 4.36. The van der Waals surface area contributed by atoms with Crippen molar-refractivity contribution in [3.63, 3.8) is 0 Å². The molecule has 0 saturated heterocycles. The fourth-order valence-electron chi connectivity index (χ4n) is 1.50. The molecule has 0 unspecified atom stereocenters. The van der Waals surface area contributed by atoms with Crippen LogP contribution in [0.2, 0.25) is 0 Å². The van der Waals surface area contributed by atoms with Crippen molar-refractivity contribution in [2.24, 2.45) is 0 Å². The fourth-order valence-corrected chi connectivity index (χ4v) is 1.50. The number of nitrogens with one attached hydrogen (secondary N) is 2. The number of hydrogen-bond acceptors (Lipinski definition) is 5. The highest BCUT2D eigenvalue weighted by Gasteiger charge is 2.29. The Morgan fingerprint density at radius 1 is 1.37 bits per heavy atom. The van der Waals surface area contributed by atoms with Gasteiger partial charge in [0.25, 0.3) is 5.92 Å². The van der Waals surface area contributed by atoms with E-state index in [2.05, 4.69) is 10.6 Å². The monoisotopic (exact) mass is 275 g/mol. The maximum atomic E-state index is 12.9. The Morgan fingerprint density at radius 3 is 2.42 bits per heavy atom. The first kappa shape index (κ1) is 15.1. The van der Waals surface area contributed by atoms with E-state index in [1.165, 1.54) is 18.2 Å². The summed E-state index contributed by atoms with van der Waals surface area (Å²) in [5.74, 6) is -3.33. The first-order valence-corrected chi connectivity index (χ1v) is 5.65. The van der Waals surface area contributed by atoms with Gasteiger partial charge in [0.15, 0.2) is 0 Å². The molecule has 0 bridgehead atoms. The van der Waals surface area contributed by atoms with E-state index < -0.39 is 24.0 Å². The Balaban J connectivity index is 3.00. The summed E-state index contributed by atoms with van der Waals surface area (Å²) in [5, 5.41) is 24.5. The van der Waals surface area contributed by atoms with Crippen LogP contribution in [0.1, 0.15) is 6.92 Å². The molecular weight excluding hydrogens is 260 g/mol. The summed E-state index contributed by atoms with van der Waals surface area (Å²) in [4.78, 5) is 10.4. The molecule has 0 aliphatic heterocycles. The molecule has 0 atom stereocenters. The third kappa shape index (κ3) is 4.02. The van der Waals surface area contributed by atoms with Crippen LogP contribution in [0.4, 0.5) is 25.8 Å². The van der Waals surface area contributed by atoms with Crippen molar-refractivity contribution < 1.29 is 18.8 Å². The van der Waals surface area contributed by atoms with Crippen LogP contribution >= 0.6 is 0 Å². The van der Waals surface area contributed by atoms with Crippen LogP contribution in [0.3, 0.4) is 0 Å². The molecule has 0 radical (unpaired) electrons. The second-order valence-corrected chi connectivity index (χ2v) is 3.86. The Morgan fingerprint density at radius 2 is 1.95 bits per heavy atom. The van der Waals surface area contributed by atoms with E-state index in [4.69, 9.17) is 5.11 Å². The number of hydrogen-bond donors (Lipinski definition) is 3. The summed E-state index contributed by atoms with van der Waals surface area (Å²) in [6.45, 7) is 0.0431. The lowest BCUT2D eigenvalue weighted by Crippen LogP contribution is -2.31. The highest BCUT2D eigenvalue weighted by Crippen LogP contribution is 2.33. The van der Waals surface area contributed by atoms with Gasteiger partial charge in [0.2, 0.25) is 0 Å². The molecule has 0 fully saturated rings. The number of para-hydroxylation sites is 1. The van der Waals surface area contributed by atoms with Crippen molar-refractivity contribution in [3.05, 3.63) is 28.3 Å². The number of anilines is 2. The highest BCUT2D eigenvalue weighted by atomic mass is 19.3. The minimum absolute atomic E-state index is 0.0171. The SMILES string of the molecule is CCNc1cccc(NCC(F)(F)CO)c1[N+](=O)[O-]. The first-order chi connectivity index (χ1) is 8.91. The van der Waals surface area contributed by atoms with Crippen molar-refractivity contribution in [3.8, 4) is 0 Å². The number of nitrogens with zero attached hydrogens (tertiary/aromatic N) is 1. The zero-order chi connectivity index (χ0) is 14.5. The Labute approximate surface area is 108 Å². The molecule has 0 aliphatic rings. The fraction of sp³-hybridized carbons (Fsp3) is 0.455. The zero-order valence-electron chi connectivity index (χ0n) is 10.3. The van der Waals surface area contributed by atoms with Gasteiger partial charge in [0.1, 0.15) is 18.0 Å². The molecular formula is C11H15F2N3O3. The minimum atomic E-state index is -3.33. The molecule has 1 aromatic carbocycles. The smallest absolute Gasteiger partial charge is 0.315 e. The van der Waals surface area contributed by atoms with Crippen molar-refractivity contribution in [2.45, 2.75) is 12.8 Å². The van der Waals surface area contributed by atoms with Crippen LogP contribution in [0.5, 0.6) is 0 Å². The summed E-state index contributed by atoms with van der Waals surface area (Å²) < 4.78 is 25.8. The molecule has 0 spiro atoms. The average molecular weight is 275 g/mol. The lowest BCUT2D eigenvalue weighted by molar-refractivity contribution is -0.383. The van der Waals surface area contributed by atoms with Crippen LogP contribution in [0.25, 0.3) is 0 Å². The topological polar surface area (TPSA) is 87.4 Å². The molecule has 6 nitrogen and oxygen atoms in total. The maximum absolute atomic E-state index is 12.9. The number of aliphatic hydroxyl groups excluding tert-OH is 1. The standard InChI is InChI=1S/C11H15F2N3O3/c1-2-14-8-4-3-5-9(10(8)16(18)19)15-6-11(12,13)7-17/h3-5,14-15,17H,2,6-7H2,1H3. The van der Waals surface area contributed by atoms with Gasteiger partial charge in [-0.05, 0) is 19.1 Å². The van der Waals surface area contributed by atoms with E-state index in [0.717, 1.165) is 0 Å². The van der Waals surface area contributed by atoms with Crippen LogP contribution in [-0.4, -0.2) is 35.6 Å². The first-order valence-electron chi connectivity index (χ1n) is 5.65. The van der Waals surface area contributed by atoms with Crippen LogP contribution in [-0.2, 0) is 0 Å². The number of halogens is 2. The predicted molar refractivity (Wildman–Crippen MR) is 67.8 cm³/mol. The number of nitro benzene ring substituents is 1. The van der Waals surface area contributed by atoms with Crippen molar-refractivity contribution in [1.29, 1.82) is 0 Å². The van der Waals surface area contributed by atoms with Gasteiger partial charge in [-0.3, -0.25) is 10.1 Å². The summed E-state index contributed by atoms with van der Waals surface area (Å²) in [7, 11) is 0. The summed E-state index contributed by atoms with van der Waals surface area (Å²) in [5.41, 5.74) is -0.0560. The summed E-state index contributed by atoms with van der Waals surface area (Å²) in [6.07, 6.45) is 0. The number of rotatable bonds is 7. The summed E-state index contributed by atoms with van der Waals surface area (Å²) >= 11 is 0. The largest absolute Gasteiger partial charge is 0.390 e. The van der Waals surface area contributed by atoms with E-state index in [1.54, 1.807) is 6.92 Å². The zero-order valence-corrected chi connectivity index (χ0v) is 10.3. The number of benzene rings is 1. The number of aliphatic hydroxyl groups is 1. The van der Waals surface area contributed by atoms with E-state index in [9.17, 15) is 18.9 Å². The van der Waals surface area contributed by atoms with Gasteiger partial charge < -0.3 is 15.7 Å². The maximum Gasteiger partial charge on any atom is 0.315 e. The van der Waals surface area contributed by atoms with Gasteiger partial charge in [-0.25, -0.2) is 8.78 Å². The van der Waals surface area contributed by atoms with Crippen LogP contribution in [0, 0.1) is 10.1 Å². The van der Waals surface area contributed by atoms with Gasteiger partial charge in [0.05, 0.1) is 11.5 Å². The van der Waals surface area contributed by atoms with Crippen molar-refractivity contribution >= 4 is 17.1 Å². The van der Waals surface area contributed by atoms with E-state index in [1.807, 2.05) is 0 Å². The minimum Gasteiger partial charge on any atom is -0.390 e. The molecule has 0 aromatic heterocycles. The Bertz CT molecular complexity index is 455. The third-order valence-corrected chi connectivity index (χ3v) is 2.35. The molecule has 0 amide bonds. The highest BCUT2D eigenvalue weighted by molar-refractivity contribution is 5.76. The van der Waals surface area contributed by atoms with Crippen LogP contribution < -0.4 is 10.6 Å². The second kappa shape index (κ2) is 6.28.